The van der Waals surface area contributed by atoms with Crippen LogP contribution in [-0.2, 0) is 10.8 Å². The first-order valence-corrected chi connectivity index (χ1v) is 21.1. The van der Waals surface area contributed by atoms with E-state index in [-0.39, 0.29) is 10.8 Å². The van der Waals surface area contributed by atoms with Gasteiger partial charge in [-0.15, -0.1) is 0 Å². The molecular weight excluding hydrogens is 747 g/mol. The highest BCUT2D eigenvalue weighted by molar-refractivity contribution is 6.10. The number of fused-ring (bicyclic) bond motifs is 9. The average molecular weight is 794 g/mol. The Labute approximate surface area is 357 Å². The maximum Gasteiger partial charge on any atom is 0.119 e. The van der Waals surface area contributed by atoms with Crippen LogP contribution in [-0.4, -0.2) is 19.2 Å². The molecule has 11 rings (SSSR count). The number of methoxy groups -OCH3 is 2. The predicted molar refractivity (Wildman–Crippen MR) is 253 cm³/mol. The Bertz CT molecular complexity index is 2960. The molecule has 0 radical (unpaired) electrons. The molecule has 8 aromatic carbocycles. The van der Waals surface area contributed by atoms with Crippen LogP contribution in [0.5, 0.6) is 11.5 Å². The van der Waals surface area contributed by atoms with E-state index in [9.17, 15) is 0 Å². The van der Waals surface area contributed by atoms with Crippen molar-refractivity contribution in [1.82, 2.24) is 4.98 Å². The molecule has 0 spiro atoms. The zero-order valence-corrected chi connectivity index (χ0v) is 35.4. The van der Waals surface area contributed by atoms with Crippen LogP contribution in [0.1, 0.15) is 49.9 Å². The third-order valence-electron chi connectivity index (χ3n) is 13.4. The van der Waals surface area contributed by atoms with E-state index in [1.807, 2.05) is 24.3 Å². The second-order valence-electron chi connectivity index (χ2n) is 17.5. The van der Waals surface area contributed by atoms with Crippen molar-refractivity contribution in [3.05, 3.63) is 192 Å². The van der Waals surface area contributed by atoms with Gasteiger partial charge in [0.1, 0.15) is 11.5 Å². The minimum Gasteiger partial charge on any atom is -0.497 e. The highest BCUT2D eigenvalue weighted by Crippen LogP contribution is 2.52. The molecule has 0 aliphatic heterocycles. The van der Waals surface area contributed by atoms with Crippen LogP contribution in [0.2, 0.25) is 0 Å². The summed E-state index contributed by atoms with van der Waals surface area (Å²) in [6.45, 7) is 9.36. The fourth-order valence-corrected chi connectivity index (χ4v) is 10.2. The number of aromatic nitrogens is 1. The first-order valence-electron chi connectivity index (χ1n) is 21.1. The van der Waals surface area contributed by atoms with Gasteiger partial charge < -0.3 is 24.3 Å². The van der Waals surface area contributed by atoms with E-state index < -0.39 is 0 Å². The number of ether oxygens (including phenoxy) is 2. The van der Waals surface area contributed by atoms with Gasteiger partial charge >= 0.3 is 0 Å². The van der Waals surface area contributed by atoms with E-state index in [2.05, 4.69) is 188 Å². The largest absolute Gasteiger partial charge is 0.497 e. The van der Waals surface area contributed by atoms with Crippen LogP contribution in [0, 0.1) is 0 Å². The van der Waals surface area contributed by atoms with E-state index in [1.54, 1.807) is 14.2 Å². The molecule has 0 saturated carbocycles. The molecule has 0 saturated heterocycles. The van der Waals surface area contributed by atoms with Gasteiger partial charge in [-0.05, 0) is 154 Å². The minimum absolute atomic E-state index is 0.126. The normalized spacial score (nSPS) is 14.0. The molecule has 5 nitrogen and oxygen atoms in total. The molecule has 2 aliphatic carbocycles. The lowest BCUT2D eigenvalue weighted by Crippen LogP contribution is -2.16. The van der Waals surface area contributed by atoms with Crippen LogP contribution < -0.4 is 19.3 Å². The third-order valence-corrected chi connectivity index (χ3v) is 13.4. The van der Waals surface area contributed by atoms with Crippen molar-refractivity contribution >= 4 is 55.9 Å². The van der Waals surface area contributed by atoms with Crippen molar-refractivity contribution in [1.29, 1.82) is 0 Å². The number of H-pyrrole nitrogens is 1. The van der Waals surface area contributed by atoms with Gasteiger partial charge in [-0.3, -0.25) is 0 Å². The second kappa shape index (κ2) is 13.7. The van der Waals surface area contributed by atoms with E-state index in [0.717, 1.165) is 67.4 Å². The topological polar surface area (TPSA) is 40.7 Å². The Morgan fingerprint density at radius 1 is 0.361 bits per heavy atom. The van der Waals surface area contributed by atoms with Crippen LogP contribution in [0.25, 0.3) is 44.1 Å². The molecule has 0 unspecified atom stereocenters. The van der Waals surface area contributed by atoms with Crippen LogP contribution >= 0.6 is 0 Å². The number of rotatable bonds is 8. The number of anilines is 6. The van der Waals surface area contributed by atoms with Gasteiger partial charge in [0, 0.05) is 66.8 Å². The van der Waals surface area contributed by atoms with Crippen molar-refractivity contribution < 1.29 is 9.47 Å². The standard InChI is InChI=1S/C56H47N3O2/c1-55(2)49-13-9-7-11-43(49)45-27-19-39(33-51(45)55)58(35-15-23-41(60-5)24-16-35)37-21-29-53-47(31-37)48-32-38(22-30-54(48)57-53)59(36-17-25-42(61-6)26-18-36)40-20-28-46-44-12-8-10-14-50(44)56(3,4)52(46)34-40/h7-34,57H,1-6H3. The minimum atomic E-state index is -0.126. The maximum absolute atomic E-state index is 5.60. The van der Waals surface area contributed by atoms with Crippen molar-refractivity contribution in [3.8, 4) is 33.8 Å². The number of aromatic amines is 1. The summed E-state index contributed by atoms with van der Waals surface area (Å²) in [5, 5.41) is 2.31. The van der Waals surface area contributed by atoms with Gasteiger partial charge in [0.15, 0.2) is 0 Å². The average Bonchev–Trinajstić information content (AvgIpc) is 3.86. The van der Waals surface area contributed by atoms with Gasteiger partial charge in [-0.1, -0.05) is 88.4 Å². The van der Waals surface area contributed by atoms with E-state index in [1.165, 1.54) is 44.5 Å². The van der Waals surface area contributed by atoms with Gasteiger partial charge in [-0.2, -0.15) is 0 Å². The lowest BCUT2D eigenvalue weighted by Gasteiger charge is -2.28. The summed E-state index contributed by atoms with van der Waals surface area (Å²) in [6, 6.07) is 61.9. The fraction of sp³-hybridized carbons (Fsp3) is 0.143. The zero-order chi connectivity index (χ0) is 41.6. The van der Waals surface area contributed by atoms with E-state index in [4.69, 9.17) is 9.47 Å². The molecule has 5 heteroatoms. The fourth-order valence-electron chi connectivity index (χ4n) is 10.2. The molecule has 61 heavy (non-hydrogen) atoms. The van der Waals surface area contributed by atoms with E-state index in [0.29, 0.717) is 0 Å². The number of nitrogens with zero attached hydrogens (tertiary/aromatic N) is 2. The number of hydrogen-bond donors (Lipinski definition) is 1. The highest BCUT2D eigenvalue weighted by Gasteiger charge is 2.37. The smallest absolute Gasteiger partial charge is 0.119 e. The van der Waals surface area contributed by atoms with Crippen molar-refractivity contribution in [3.63, 3.8) is 0 Å². The maximum atomic E-state index is 5.60. The second-order valence-corrected chi connectivity index (χ2v) is 17.5. The molecule has 298 valence electrons. The third kappa shape index (κ3) is 5.68. The first-order chi connectivity index (χ1) is 29.6. The first kappa shape index (κ1) is 36.8. The lowest BCUT2D eigenvalue weighted by atomic mass is 9.82. The monoisotopic (exact) mass is 793 g/mol. The van der Waals surface area contributed by atoms with Gasteiger partial charge in [0.2, 0.25) is 0 Å². The Morgan fingerprint density at radius 3 is 1.11 bits per heavy atom. The molecule has 1 aromatic heterocycles. The van der Waals surface area contributed by atoms with E-state index >= 15 is 0 Å². The molecule has 2 aliphatic rings. The number of hydrogen-bond acceptors (Lipinski definition) is 4. The molecule has 1 N–H and O–H groups in total. The summed E-state index contributed by atoms with van der Waals surface area (Å²) in [6.07, 6.45) is 0. The Morgan fingerprint density at radius 2 is 0.705 bits per heavy atom. The summed E-state index contributed by atoms with van der Waals surface area (Å²) in [5.74, 6) is 1.65. The van der Waals surface area contributed by atoms with Gasteiger partial charge in [-0.25, -0.2) is 0 Å². The summed E-state index contributed by atoms with van der Waals surface area (Å²) in [4.78, 5) is 8.48. The molecular formula is C56H47N3O2. The molecule has 0 fully saturated rings. The molecule has 0 atom stereocenters. The lowest BCUT2D eigenvalue weighted by molar-refractivity contribution is 0.414. The Hall–Kier alpha value is -7.24. The molecule has 1 heterocycles. The Kier molecular flexibility index (Phi) is 8.24. The summed E-state index contributed by atoms with van der Waals surface area (Å²) in [5.41, 5.74) is 19.0. The number of benzene rings is 8. The zero-order valence-electron chi connectivity index (χ0n) is 35.4. The molecule has 0 bridgehead atoms. The SMILES string of the molecule is COc1ccc(N(c2ccc3c(c2)C(C)(C)c2ccccc2-3)c2ccc3[nH]c4ccc(N(c5ccc(OC)cc5)c5ccc6c(c5)C(C)(C)c5ccccc5-6)cc4c3c2)cc1. The van der Waals surface area contributed by atoms with Crippen molar-refractivity contribution in [2.75, 3.05) is 24.0 Å². The highest BCUT2D eigenvalue weighted by atomic mass is 16.5. The van der Waals surface area contributed by atoms with Gasteiger partial charge in [0.05, 0.1) is 14.2 Å². The quantitative estimate of drug-likeness (QED) is 0.166. The van der Waals surface area contributed by atoms with Crippen molar-refractivity contribution in [2.24, 2.45) is 0 Å². The van der Waals surface area contributed by atoms with Crippen LogP contribution in [0.4, 0.5) is 34.1 Å². The number of nitrogens with one attached hydrogen (secondary N) is 1. The Balaban J connectivity index is 1.06. The molecule has 9 aromatic rings. The summed E-state index contributed by atoms with van der Waals surface area (Å²) < 4.78 is 11.2. The molecule has 0 amide bonds. The van der Waals surface area contributed by atoms with Gasteiger partial charge in [0.25, 0.3) is 0 Å². The predicted octanol–water partition coefficient (Wildman–Crippen LogP) is 14.9. The van der Waals surface area contributed by atoms with Crippen molar-refractivity contribution in [2.45, 2.75) is 38.5 Å². The summed E-state index contributed by atoms with van der Waals surface area (Å²) >= 11 is 0. The summed E-state index contributed by atoms with van der Waals surface area (Å²) in [7, 11) is 3.43. The van der Waals surface area contributed by atoms with Crippen LogP contribution in [0.15, 0.2) is 170 Å². The van der Waals surface area contributed by atoms with Crippen LogP contribution in [0.3, 0.4) is 0 Å².